The number of pyridine rings is 1. The number of aromatic nitrogens is 1. The number of fused-ring (bicyclic) bond motifs is 1. The van der Waals surface area contributed by atoms with Crippen LogP contribution in [0.3, 0.4) is 0 Å². The predicted molar refractivity (Wildman–Crippen MR) is 66.3 cm³/mol. The quantitative estimate of drug-likeness (QED) is 0.542. The molecule has 0 fully saturated rings. The first-order valence-electron chi connectivity index (χ1n) is 4.77. The SMILES string of the molecule is N=C/C=C1\NC(C(N)=O)=Cc2ccnc(Cl)c21. The molecule has 2 rings (SSSR count). The van der Waals surface area contributed by atoms with Crippen LogP contribution in [0.5, 0.6) is 0 Å². The molecule has 0 radical (unpaired) electrons. The maximum atomic E-state index is 11.2. The fraction of sp³-hybridized carbons (Fsp3) is 0. The fourth-order valence-electron chi connectivity index (χ4n) is 1.58. The van der Waals surface area contributed by atoms with E-state index in [9.17, 15) is 4.79 Å². The largest absolute Gasteiger partial charge is 0.364 e. The number of allylic oxidation sites excluding steroid dienone is 1. The zero-order valence-electron chi connectivity index (χ0n) is 8.70. The molecule has 0 aromatic carbocycles. The Kier molecular flexibility index (Phi) is 2.93. The second-order valence-electron chi connectivity index (χ2n) is 3.36. The smallest absolute Gasteiger partial charge is 0.265 e. The minimum atomic E-state index is -0.570. The highest BCUT2D eigenvalue weighted by Crippen LogP contribution is 2.29. The highest BCUT2D eigenvalue weighted by Gasteiger charge is 2.20. The monoisotopic (exact) mass is 248 g/mol. The molecule has 17 heavy (non-hydrogen) atoms. The maximum absolute atomic E-state index is 11.2. The molecule has 1 aliphatic rings. The summed E-state index contributed by atoms with van der Waals surface area (Å²) in [5.74, 6) is -0.570. The summed E-state index contributed by atoms with van der Waals surface area (Å²) >= 11 is 5.99. The average Bonchev–Trinajstić information content (AvgIpc) is 2.29. The molecule has 0 saturated heterocycles. The highest BCUT2D eigenvalue weighted by molar-refractivity contribution is 6.31. The number of carbonyl (C=O) groups is 1. The third-order valence-electron chi connectivity index (χ3n) is 2.29. The van der Waals surface area contributed by atoms with Gasteiger partial charge in [0.15, 0.2) is 0 Å². The van der Waals surface area contributed by atoms with Crippen LogP contribution in [0.15, 0.2) is 24.0 Å². The standard InChI is InChI=1S/C11H9ClN4O/c12-10-9-6(2-4-15-10)5-8(11(14)17)16-7(9)1-3-13/h1-5,13,16H,(H2,14,17)/b7-1-,13-3?. The number of nitrogens with one attached hydrogen (secondary N) is 2. The lowest BCUT2D eigenvalue weighted by molar-refractivity contribution is -0.114. The summed E-state index contributed by atoms with van der Waals surface area (Å²) in [6.07, 6.45) is 5.73. The van der Waals surface area contributed by atoms with Crippen LogP contribution in [0.4, 0.5) is 0 Å². The van der Waals surface area contributed by atoms with Crippen LogP contribution in [-0.2, 0) is 4.79 Å². The van der Waals surface area contributed by atoms with Gasteiger partial charge in [0, 0.05) is 18.0 Å². The molecule has 4 N–H and O–H groups in total. The molecule has 1 aromatic rings. The number of hydrogen-bond donors (Lipinski definition) is 3. The molecule has 0 aliphatic carbocycles. The molecule has 86 valence electrons. The number of carbonyl (C=O) groups excluding carboxylic acids is 1. The number of halogens is 1. The molecule has 0 unspecified atom stereocenters. The van der Waals surface area contributed by atoms with E-state index in [1.54, 1.807) is 18.3 Å². The molecule has 6 heteroatoms. The van der Waals surface area contributed by atoms with E-state index < -0.39 is 5.91 Å². The zero-order chi connectivity index (χ0) is 12.4. The van der Waals surface area contributed by atoms with Gasteiger partial charge in [-0.1, -0.05) is 11.6 Å². The van der Waals surface area contributed by atoms with Gasteiger partial charge in [0.05, 0.1) is 5.70 Å². The highest BCUT2D eigenvalue weighted by atomic mass is 35.5. The molecular formula is C11H9ClN4O. The third-order valence-corrected chi connectivity index (χ3v) is 2.58. The van der Waals surface area contributed by atoms with Crippen molar-refractivity contribution in [3.8, 4) is 0 Å². The van der Waals surface area contributed by atoms with Crippen molar-refractivity contribution < 1.29 is 4.79 Å². The van der Waals surface area contributed by atoms with Gasteiger partial charge in [0.2, 0.25) is 0 Å². The van der Waals surface area contributed by atoms with Gasteiger partial charge in [-0.2, -0.15) is 0 Å². The Morgan fingerprint density at radius 3 is 3.00 bits per heavy atom. The van der Waals surface area contributed by atoms with Crippen molar-refractivity contribution in [1.82, 2.24) is 10.3 Å². The molecule has 0 bridgehead atoms. The van der Waals surface area contributed by atoms with Gasteiger partial charge in [-0.25, -0.2) is 4.98 Å². The van der Waals surface area contributed by atoms with Crippen LogP contribution in [0.1, 0.15) is 11.1 Å². The summed E-state index contributed by atoms with van der Waals surface area (Å²) in [7, 11) is 0. The maximum Gasteiger partial charge on any atom is 0.265 e. The second kappa shape index (κ2) is 4.39. The van der Waals surface area contributed by atoms with E-state index in [1.165, 1.54) is 6.08 Å². The molecule has 1 aromatic heterocycles. The molecule has 0 atom stereocenters. The lowest BCUT2D eigenvalue weighted by Gasteiger charge is -2.20. The van der Waals surface area contributed by atoms with Crippen molar-refractivity contribution in [2.24, 2.45) is 5.73 Å². The van der Waals surface area contributed by atoms with E-state index in [0.29, 0.717) is 16.4 Å². The molecule has 2 heterocycles. The lowest BCUT2D eigenvalue weighted by Crippen LogP contribution is -2.28. The van der Waals surface area contributed by atoms with Crippen LogP contribution < -0.4 is 11.1 Å². The number of primary amides is 1. The summed E-state index contributed by atoms with van der Waals surface area (Å²) in [6.45, 7) is 0. The van der Waals surface area contributed by atoms with Gasteiger partial charge in [0.1, 0.15) is 10.9 Å². The normalized spacial score (nSPS) is 15.8. The van der Waals surface area contributed by atoms with Crippen LogP contribution in [0.2, 0.25) is 5.15 Å². The van der Waals surface area contributed by atoms with E-state index in [-0.39, 0.29) is 5.70 Å². The van der Waals surface area contributed by atoms with E-state index in [4.69, 9.17) is 22.7 Å². The molecule has 1 amide bonds. The Labute approximate surface area is 102 Å². The van der Waals surface area contributed by atoms with Crippen molar-refractivity contribution >= 4 is 35.5 Å². The lowest BCUT2D eigenvalue weighted by atomic mass is 10.0. The van der Waals surface area contributed by atoms with Crippen molar-refractivity contribution in [2.45, 2.75) is 0 Å². The first kappa shape index (κ1) is 11.3. The fourth-order valence-corrected chi connectivity index (χ4v) is 1.84. The third kappa shape index (κ3) is 2.05. The molecule has 1 aliphatic heterocycles. The first-order valence-corrected chi connectivity index (χ1v) is 5.15. The van der Waals surface area contributed by atoms with E-state index in [1.807, 2.05) is 0 Å². The zero-order valence-corrected chi connectivity index (χ0v) is 9.45. The van der Waals surface area contributed by atoms with Crippen LogP contribution >= 0.6 is 11.6 Å². The number of hydrogen-bond acceptors (Lipinski definition) is 4. The van der Waals surface area contributed by atoms with Gasteiger partial charge < -0.3 is 16.5 Å². The average molecular weight is 249 g/mol. The summed E-state index contributed by atoms with van der Waals surface area (Å²) in [6, 6.07) is 1.72. The number of nitrogens with two attached hydrogens (primary N) is 1. The van der Waals surface area contributed by atoms with Crippen LogP contribution in [0.25, 0.3) is 11.8 Å². The Hall–Kier alpha value is -2.14. The van der Waals surface area contributed by atoms with Gasteiger partial charge in [-0.3, -0.25) is 4.79 Å². The molecule has 0 saturated carbocycles. The van der Waals surface area contributed by atoms with E-state index >= 15 is 0 Å². The van der Waals surface area contributed by atoms with Crippen LogP contribution in [0, 0.1) is 5.41 Å². The Morgan fingerprint density at radius 2 is 2.35 bits per heavy atom. The summed E-state index contributed by atoms with van der Waals surface area (Å²) in [4.78, 5) is 15.1. The number of nitrogens with zero attached hydrogens (tertiary/aromatic N) is 1. The summed E-state index contributed by atoms with van der Waals surface area (Å²) < 4.78 is 0. The number of amides is 1. The first-order chi connectivity index (χ1) is 8.13. The van der Waals surface area contributed by atoms with Crippen molar-refractivity contribution in [3.05, 3.63) is 40.3 Å². The van der Waals surface area contributed by atoms with E-state index in [0.717, 1.165) is 11.8 Å². The van der Waals surface area contributed by atoms with Crippen LogP contribution in [-0.4, -0.2) is 17.1 Å². The second-order valence-corrected chi connectivity index (χ2v) is 3.72. The minimum absolute atomic E-state index is 0.257. The molecule has 5 nitrogen and oxygen atoms in total. The van der Waals surface area contributed by atoms with Gasteiger partial charge in [-0.15, -0.1) is 0 Å². The molecule has 0 spiro atoms. The van der Waals surface area contributed by atoms with Gasteiger partial charge in [-0.05, 0) is 23.8 Å². The topological polar surface area (TPSA) is 91.9 Å². The van der Waals surface area contributed by atoms with Gasteiger partial charge >= 0.3 is 0 Å². The minimum Gasteiger partial charge on any atom is -0.364 e. The summed E-state index contributed by atoms with van der Waals surface area (Å²) in [5, 5.41) is 10.2. The van der Waals surface area contributed by atoms with Crippen molar-refractivity contribution in [1.29, 1.82) is 5.41 Å². The van der Waals surface area contributed by atoms with Gasteiger partial charge in [0.25, 0.3) is 5.91 Å². The van der Waals surface area contributed by atoms with E-state index in [2.05, 4.69) is 10.3 Å². The number of rotatable bonds is 2. The Morgan fingerprint density at radius 1 is 1.59 bits per heavy atom. The molecular weight excluding hydrogens is 240 g/mol. The Balaban J connectivity index is 2.66. The van der Waals surface area contributed by atoms with Crippen molar-refractivity contribution in [3.63, 3.8) is 0 Å². The predicted octanol–water partition coefficient (Wildman–Crippen LogP) is 1.15. The van der Waals surface area contributed by atoms with Crippen molar-refractivity contribution in [2.75, 3.05) is 0 Å². The summed E-state index contributed by atoms with van der Waals surface area (Å²) in [5.41, 5.74) is 7.40. The Bertz CT molecular complexity index is 563.